The summed E-state index contributed by atoms with van der Waals surface area (Å²) in [5.74, 6) is -1.06. The second-order valence-electron chi connectivity index (χ2n) is 3.30. The Morgan fingerprint density at radius 3 is 1.53 bits per heavy atom. The van der Waals surface area contributed by atoms with Crippen LogP contribution in [0.2, 0.25) is 0 Å². The number of ether oxygens (including phenoxy) is 2. The van der Waals surface area contributed by atoms with E-state index in [4.69, 9.17) is 0 Å². The van der Waals surface area contributed by atoms with Crippen LogP contribution in [0.5, 0.6) is 0 Å². The normalized spacial score (nSPS) is 11.2. The Bertz CT molecular complexity index is 278. The lowest BCUT2D eigenvalue weighted by Crippen LogP contribution is -2.30. The third kappa shape index (κ3) is 7.70. The van der Waals surface area contributed by atoms with Crippen LogP contribution in [-0.2, 0) is 14.3 Å². The molecule has 0 unspecified atom stereocenters. The fraction of sp³-hybridized carbons (Fsp3) is 0.545. The van der Waals surface area contributed by atoms with Gasteiger partial charge in [-0.1, -0.05) is 13.2 Å². The van der Waals surface area contributed by atoms with Gasteiger partial charge in [-0.05, 0) is 19.4 Å². The van der Waals surface area contributed by atoms with E-state index in [-0.39, 0.29) is 5.57 Å². The van der Waals surface area contributed by atoms with Gasteiger partial charge in [0, 0.05) is 14.2 Å². The molecule has 17 heavy (non-hydrogen) atoms. The molecule has 0 saturated carbocycles. The highest BCUT2D eigenvalue weighted by Crippen LogP contribution is 2.28. The zero-order valence-corrected chi connectivity index (χ0v) is 10.4. The van der Waals surface area contributed by atoms with Gasteiger partial charge in [-0.2, -0.15) is 13.2 Å². The summed E-state index contributed by atoms with van der Waals surface area (Å²) < 4.78 is 43.9. The number of carbonyl (C=O) groups excluding carboxylic acids is 1. The molecule has 0 atom stereocenters. The zero-order valence-electron chi connectivity index (χ0n) is 10.4. The van der Waals surface area contributed by atoms with Crippen LogP contribution in [0.4, 0.5) is 13.2 Å². The Labute approximate surface area is 98.9 Å². The minimum absolute atomic E-state index is 0.0394. The number of methoxy groups -OCH3 is 2. The van der Waals surface area contributed by atoms with E-state index in [1.54, 1.807) is 6.92 Å². The summed E-state index contributed by atoms with van der Waals surface area (Å²) >= 11 is 0. The standard InChI is InChI=1S/C6H7F3.C5H10O3/c1-4(2)5(3)6(7,8)9;1-5(4-6,7-2)8-3/h1,3H2,2H3;4H,1-3H3. The number of allylic oxidation sites excluding steroid dienone is 2. The molecule has 0 amide bonds. The Hall–Kier alpha value is -1.14. The first-order valence-corrected chi connectivity index (χ1v) is 4.52. The van der Waals surface area contributed by atoms with Crippen LogP contribution in [0.3, 0.4) is 0 Å². The smallest absolute Gasteiger partial charge is 0.347 e. The van der Waals surface area contributed by atoms with E-state index in [1.165, 1.54) is 21.1 Å². The number of hydrogen-bond donors (Lipinski definition) is 0. The van der Waals surface area contributed by atoms with E-state index >= 15 is 0 Å². The molecule has 0 aliphatic carbocycles. The quantitative estimate of drug-likeness (QED) is 0.439. The average Bonchev–Trinajstić information content (AvgIpc) is 2.26. The number of carbonyl (C=O) groups is 1. The van der Waals surface area contributed by atoms with E-state index in [2.05, 4.69) is 22.6 Å². The second kappa shape index (κ2) is 7.24. The Kier molecular flexibility index (Phi) is 7.76. The van der Waals surface area contributed by atoms with Gasteiger partial charge in [0.15, 0.2) is 6.29 Å². The predicted octanol–water partition coefficient (Wildman–Crippen LogP) is 2.88. The van der Waals surface area contributed by atoms with Gasteiger partial charge in [-0.3, -0.25) is 4.79 Å². The lowest BCUT2D eigenvalue weighted by Gasteiger charge is -2.17. The zero-order chi connectivity index (χ0) is 14.3. The van der Waals surface area contributed by atoms with E-state index < -0.39 is 17.5 Å². The first-order chi connectivity index (χ1) is 7.54. The third-order valence-electron chi connectivity index (χ3n) is 1.88. The second-order valence-corrected chi connectivity index (χ2v) is 3.30. The molecule has 3 nitrogen and oxygen atoms in total. The minimum atomic E-state index is -4.31. The summed E-state index contributed by atoms with van der Waals surface area (Å²) in [6, 6.07) is 0. The van der Waals surface area contributed by atoms with Gasteiger partial charge in [-0.25, -0.2) is 0 Å². The Morgan fingerprint density at radius 1 is 1.18 bits per heavy atom. The molecular formula is C11H17F3O3. The molecule has 0 saturated heterocycles. The maximum atomic E-state index is 11.5. The fourth-order valence-electron chi connectivity index (χ4n) is 0.422. The number of hydrogen-bond acceptors (Lipinski definition) is 3. The molecule has 0 spiro atoms. The van der Waals surface area contributed by atoms with Crippen molar-refractivity contribution in [2.45, 2.75) is 25.8 Å². The van der Waals surface area contributed by atoms with Crippen molar-refractivity contribution >= 4 is 6.29 Å². The predicted molar refractivity (Wildman–Crippen MR) is 58.5 cm³/mol. The van der Waals surface area contributed by atoms with Crippen molar-refractivity contribution in [3.63, 3.8) is 0 Å². The third-order valence-corrected chi connectivity index (χ3v) is 1.88. The first kappa shape index (κ1) is 18.2. The van der Waals surface area contributed by atoms with Crippen molar-refractivity contribution < 1.29 is 27.4 Å². The molecule has 0 fully saturated rings. The fourth-order valence-corrected chi connectivity index (χ4v) is 0.422. The van der Waals surface area contributed by atoms with Crippen molar-refractivity contribution in [3.05, 3.63) is 24.3 Å². The van der Waals surface area contributed by atoms with Crippen LogP contribution in [0.25, 0.3) is 0 Å². The van der Waals surface area contributed by atoms with Gasteiger partial charge in [-0.15, -0.1) is 0 Å². The molecule has 0 aliphatic heterocycles. The molecule has 0 aromatic heterocycles. The first-order valence-electron chi connectivity index (χ1n) is 4.52. The maximum absolute atomic E-state index is 11.5. The Morgan fingerprint density at radius 2 is 1.53 bits per heavy atom. The van der Waals surface area contributed by atoms with E-state index in [1.807, 2.05) is 0 Å². The van der Waals surface area contributed by atoms with Crippen LogP contribution < -0.4 is 0 Å². The van der Waals surface area contributed by atoms with E-state index in [9.17, 15) is 18.0 Å². The molecule has 0 aromatic carbocycles. The van der Waals surface area contributed by atoms with Gasteiger partial charge in [0.05, 0.1) is 5.57 Å². The summed E-state index contributed by atoms with van der Waals surface area (Å²) in [5, 5.41) is 0. The highest BCUT2D eigenvalue weighted by molar-refractivity contribution is 5.59. The minimum Gasteiger partial charge on any atom is -0.347 e. The van der Waals surface area contributed by atoms with E-state index in [0.717, 1.165) is 0 Å². The van der Waals surface area contributed by atoms with Gasteiger partial charge in [0.25, 0.3) is 0 Å². The molecule has 6 heteroatoms. The van der Waals surface area contributed by atoms with Gasteiger partial charge in [0.1, 0.15) is 0 Å². The molecule has 0 bridgehead atoms. The largest absolute Gasteiger partial charge is 0.416 e. The van der Waals surface area contributed by atoms with Gasteiger partial charge < -0.3 is 9.47 Å². The maximum Gasteiger partial charge on any atom is 0.416 e. The molecule has 0 aliphatic rings. The molecular weight excluding hydrogens is 237 g/mol. The summed E-state index contributed by atoms with van der Waals surface area (Å²) in [6.07, 6.45) is -3.71. The Balaban J connectivity index is 0. The van der Waals surface area contributed by atoms with Crippen LogP contribution in [0.1, 0.15) is 13.8 Å². The monoisotopic (exact) mass is 254 g/mol. The van der Waals surface area contributed by atoms with E-state index in [0.29, 0.717) is 6.29 Å². The summed E-state index contributed by atoms with van der Waals surface area (Å²) in [4.78, 5) is 10.0. The highest BCUT2D eigenvalue weighted by atomic mass is 19.4. The van der Waals surface area contributed by atoms with Gasteiger partial charge in [0.2, 0.25) is 5.79 Å². The lowest BCUT2D eigenvalue weighted by molar-refractivity contribution is -0.186. The van der Waals surface area contributed by atoms with Crippen molar-refractivity contribution in [2.24, 2.45) is 0 Å². The van der Waals surface area contributed by atoms with Crippen molar-refractivity contribution in [1.29, 1.82) is 0 Å². The average molecular weight is 254 g/mol. The summed E-state index contributed by atoms with van der Waals surface area (Å²) in [6.45, 7) is 8.72. The number of rotatable bonds is 4. The highest BCUT2D eigenvalue weighted by Gasteiger charge is 2.31. The molecule has 0 aromatic rings. The van der Waals surface area contributed by atoms with Crippen LogP contribution >= 0.6 is 0 Å². The van der Waals surface area contributed by atoms with Crippen molar-refractivity contribution in [3.8, 4) is 0 Å². The number of alkyl halides is 3. The molecule has 100 valence electrons. The summed E-state index contributed by atoms with van der Waals surface area (Å²) in [5.41, 5.74) is -0.898. The van der Waals surface area contributed by atoms with Crippen LogP contribution in [0, 0.1) is 0 Å². The molecule has 0 rings (SSSR count). The molecule has 0 N–H and O–H groups in total. The lowest BCUT2D eigenvalue weighted by atomic mass is 10.1. The topological polar surface area (TPSA) is 35.5 Å². The van der Waals surface area contributed by atoms with Crippen LogP contribution in [0.15, 0.2) is 24.3 Å². The molecule has 0 heterocycles. The van der Waals surface area contributed by atoms with Gasteiger partial charge >= 0.3 is 6.18 Å². The van der Waals surface area contributed by atoms with Crippen molar-refractivity contribution in [1.82, 2.24) is 0 Å². The molecule has 0 radical (unpaired) electrons. The van der Waals surface area contributed by atoms with Crippen molar-refractivity contribution in [2.75, 3.05) is 14.2 Å². The summed E-state index contributed by atoms with van der Waals surface area (Å²) in [7, 11) is 2.83. The number of halogens is 3. The van der Waals surface area contributed by atoms with Crippen LogP contribution in [-0.4, -0.2) is 32.5 Å². The number of aldehydes is 1. The SMILES string of the molecule is C=C(C)C(=C)C(F)(F)F.COC(C)(C=O)OC.